The van der Waals surface area contributed by atoms with E-state index in [1.165, 1.54) is 29.4 Å². The number of carbonyl (C=O) groups is 3. The number of hydrogen-bond acceptors (Lipinski definition) is 7. The Morgan fingerprint density at radius 2 is 1.97 bits per heavy atom. The van der Waals surface area contributed by atoms with Crippen molar-refractivity contribution in [3.8, 4) is 6.07 Å². The fourth-order valence-corrected chi connectivity index (χ4v) is 3.79. The van der Waals surface area contributed by atoms with Crippen molar-refractivity contribution in [2.45, 2.75) is 43.9 Å². The number of nitrogens with zero attached hydrogens (tertiary/aromatic N) is 4. The number of carbonyl (C=O) groups excluding carboxylic acids is 3. The molecule has 1 aromatic rings. The first-order valence-electron chi connectivity index (χ1n) is 10.2. The van der Waals surface area contributed by atoms with Crippen molar-refractivity contribution in [3.63, 3.8) is 0 Å². The van der Waals surface area contributed by atoms with Crippen molar-refractivity contribution in [2.75, 3.05) is 32.8 Å². The Morgan fingerprint density at radius 3 is 2.61 bits per heavy atom. The van der Waals surface area contributed by atoms with E-state index in [2.05, 4.69) is 10.3 Å². The maximum absolute atomic E-state index is 13.5. The molecule has 0 saturated carbocycles. The minimum Gasteiger partial charge on any atom is -0.452 e. The summed E-state index contributed by atoms with van der Waals surface area (Å²) in [7, 11) is 0. The normalized spacial score (nSPS) is 22.6. The van der Waals surface area contributed by atoms with Crippen LogP contribution < -0.4 is 5.32 Å². The number of aromatic nitrogens is 1. The van der Waals surface area contributed by atoms with Crippen LogP contribution in [0.3, 0.4) is 0 Å². The molecule has 9 nitrogen and oxygen atoms in total. The first-order valence-corrected chi connectivity index (χ1v) is 10.2. The number of alkyl halides is 1. The number of esters is 1. The fraction of sp³-hybridized carbons (Fsp3) is 0.571. The molecule has 1 aromatic heterocycles. The van der Waals surface area contributed by atoms with E-state index < -0.39 is 18.2 Å². The Bertz CT molecular complexity index is 851. The van der Waals surface area contributed by atoms with E-state index in [1.54, 1.807) is 4.90 Å². The lowest BCUT2D eigenvalue weighted by Gasteiger charge is -2.40. The van der Waals surface area contributed by atoms with Crippen LogP contribution in [0.25, 0.3) is 0 Å². The molecule has 0 aliphatic carbocycles. The fourth-order valence-electron chi connectivity index (χ4n) is 3.79. The van der Waals surface area contributed by atoms with Crippen molar-refractivity contribution < 1.29 is 23.5 Å². The van der Waals surface area contributed by atoms with Crippen LogP contribution in [-0.4, -0.2) is 83.1 Å². The number of amides is 2. The van der Waals surface area contributed by atoms with Gasteiger partial charge in [-0.25, -0.2) is 9.18 Å². The summed E-state index contributed by atoms with van der Waals surface area (Å²) < 4.78 is 18.6. The highest BCUT2D eigenvalue weighted by molar-refractivity contribution is 5.91. The Labute approximate surface area is 180 Å². The Morgan fingerprint density at radius 1 is 1.29 bits per heavy atom. The van der Waals surface area contributed by atoms with E-state index >= 15 is 0 Å². The van der Waals surface area contributed by atoms with Crippen LogP contribution in [0.4, 0.5) is 4.39 Å². The molecule has 2 aliphatic rings. The van der Waals surface area contributed by atoms with Gasteiger partial charge in [-0.05, 0) is 31.9 Å². The third-order valence-electron chi connectivity index (χ3n) is 5.85. The summed E-state index contributed by atoms with van der Waals surface area (Å²) in [5, 5.41) is 12.3. The summed E-state index contributed by atoms with van der Waals surface area (Å²) in [5.74, 6) is -1.15. The van der Waals surface area contributed by atoms with Gasteiger partial charge in [0, 0.05) is 37.4 Å². The minimum absolute atomic E-state index is 0.0128. The van der Waals surface area contributed by atoms with Crippen LogP contribution in [0.15, 0.2) is 24.5 Å². The van der Waals surface area contributed by atoms with Crippen LogP contribution in [0.2, 0.25) is 0 Å². The molecule has 2 amide bonds. The molecule has 3 heterocycles. The molecular formula is C21H26FN5O4. The molecule has 10 heteroatoms. The van der Waals surface area contributed by atoms with E-state index in [0.29, 0.717) is 31.5 Å². The SMILES string of the molecule is CC1(NCC(=O)N2C[C@@H](F)C[C@H]2C#N)CCN(C(=O)COC(=O)c2ccncc2)CC1. The van der Waals surface area contributed by atoms with Gasteiger partial charge in [-0.1, -0.05) is 0 Å². The highest BCUT2D eigenvalue weighted by Gasteiger charge is 2.37. The van der Waals surface area contributed by atoms with Crippen molar-refractivity contribution in [3.05, 3.63) is 30.1 Å². The maximum Gasteiger partial charge on any atom is 0.338 e. The summed E-state index contributed by atoms with van der Waals surface area (Å²) in [6.07, 6.45) is 3.06. The van der Waals surface area contributed by atoms with Gasteiger partial charge in [0.15, 0.2) is 6.61 Å². The number of rotatable bonds is 6. The predicted octanol–water partition coefficient (Wildman–Crippen LogP) is 0.672. The van der Waals surface area contributed by atoms with E-state index in [0.717, 1.165) is 0 Å². The number of ether oxygens (including phenoxy) is 1. The molecule has 2 atom stereocenters. The largest absolute Gasteiger partial charge is 0.452 e. The predicted molar refractivity (Wildman–Crippen MR) is 107 cm³/mol. The van der Waals surface area contributed by atoms with Crippen LogP contribution in [0.1, 0.15) is 36.5 Å². The van der Waals surface area contributed by atoms with Gasteiger partial charge in [0.25, 0.3) is 5.91 Å². The third-order valence-corrected chi connectivity index (χ3v) is 5.85. The minimum atomic E-state index is -1.16. The lowest BCUT2D eigenvalue weighted by Crippen LogP contribution is -2.55. The third kappa shape index (κ3) is 5.76. The van der Waals surface area contributed by atoms with Gasteiger partial charge in [0.1, 0.15) is 12.2 Å². The summed E-state index contributed by atoms with van der Waals surface area (Å²) in [6.45, 7) is 2.52. The lowest BCUT2D eigenvalue weighted by atomic mass is 9.89. The smallest absolute Gasteiger partial charge is 0.338 e. The summed E-state index contributed by atoms with van der Waals surface area (Å²) in [4.78, 5) is 43.5. The van der Waals surface area contributed by atoms with Crippen LogP contribution >= 0.6 is 0 Å². The molecular weight excluding hydrogens is 405 g/mol. The van der Waals surface area contributed by atoms with Crippen molar-refractivity contribution in [2.24, 2.45) is 0 Å². The highest BCUT2D eigenvalue weighted by Crippen LogP contribution is 2.23. The van der Waals surface area contributed by atoms with E-state index in [4.69, 9.17) is 10.00 Å². The number of halogens is 1. The number of nitriles is 1. The molecule has 0 radical (unpaired) electrons. The van der Waals surface area contributed by atoms with Crippen LogP contribution in [0, 0.1) is 11.3 Å². The molecule has 2 aliphatic heterocycles. The molecule has 1 N–H and O–H groups in total. The molecule has 0 unspecified atom stereocenters. The molecule has 0 spiro atoms. The van der Waals surface area contributed by atoms with Gasteiger partial charge in [0.05, 0.1) is 24.7 Å². The molecule has 166 valence electrons. The number of piperidine rings is 1. The van der Waals surface area contributed by atoms with Crippen molar-refractivity contribution in [1.82, 2.24) is 20.1 Å². The number of likely N-dealkylation sites (tertiary alicyclic amines) is 2. The van der Waals surface area contributed by atoms with Gasteiger partial charge in [-0.15, -0.1) is 0 Å². The molecule has 2 saturated heterocycles. The zero-order valence-electron chi connectivity index (χ0n) is 17.4. The molecule has 0 aromatic carbocycles. The first kappa shape index (κ1) is 22.6. The molecule has 3 rings (SSSR count). The van der Waals surface area contributed by atoms with Crippen LogP contribution in [-0.2, 0) is 14.3 Å². The second-order valence-corrected chi connectivity index (χ2v) is 8.13. The van der Waals surface area contributed by atoms with Crippen molar-refractivity contribution >= 4 is 17.8 Å². The van der Waals surface area contributed by atoms with Crippen LogP contribution in [0.5, 0.6) is 0 Å². The highest BCUT2D eigenvalue weighted by atomic mass is 19.1. The second kappa shape index (κ2) is 9.83. The monoisotopic (exact) mass is 431 g/mol. The van der Waals surface area contributed by atoms with Gasteiger partial charge < -0.3 is 19.9 Å². The summed E-state index contributed by atoms with van der Waals surface area (Å²) >= 11 is 0. The van der Waals surface area contributed by atoms with Gasteiger partial charge in [-0.2, -0.15) is 5.26 Å². The number of pyridine rings is 1. The van der Waals surface area contributed by atoms with E-state index in [9.17, 15) is 18.8 Å². The van der Waals surface area contributed by atoms with E-state index in [1.807, 2.05) is 13.0 Å². The zero-order valence-corrected chi connectivity index (χ0v) is 17.4. The van der Waals surface area contributed by atoms with Gasteiger partial charge >= 0.3 is 5.97 Å². The number of hydrogen-bond donors (Lipinski definition) is 1. The Hall–Kier alpha value is -3.06. The summed E-state index contributed by atoms with van der Waals surface area (Å²) in [5.41, 5.74) is -0.0319. The quantitative estimate of drug-likeness (QED) is 0.658. The average molecular weight is 431 g/mol. The Balaban J connectivity index is 1.42. The second-order valence-electron chi connectivity index (χ2n) is 8.13. The zero-order chi connectivity index (χ0) is 22.4. The first-order chi connectivity index (χ1) is 14.8. The molecule has 0 bridgehead atoms. The number of nitrogens with one attached hydrogen (secondary N) is 1. The maximum atomic E-state index is 13.5. The van der Waals surface area contributed by atoms with E-state index in [-0.39, 0.29) is 43.5 Å². The van der Waals surface area contributed by atoms with Crippen molar-refractivity contribution in [1.29, 1.82) is 5.26 Å². The van der Waals surface area contributed by atoms with Gasteiger partial charge in [0.2, 0.25) is 5.91 Å². The van der Waals surface area contributed by atoms with Gasteiger partial charge in [-0.3, -0.25) is 14.6 Å². The average Bonchev–Trinajstić information content (AvgIpc) is 3.17. The standard InChI is InChI=1S/C21H26FN5O4/c1-21(25-12-18(28)27-13-16(22)10-17(27)11-23)4-8-26(9-5-21)19(29)14-31-20(30)15-2-6-24-7-3-15/h2-3,6-7,16-17,25H,4-5,8-10,12-14H2,1H3/t16-,17-/m0/s1. The lowest BCUT2D eigenvalue weighted by molar-refractivity contribution is -0.136. The molecule has 2 fully saturated rings. The topological polar surface area (TPSA) is 116 Å². The Kier molecular flexibility index (Phi) is 7.17. The summed E-state index contributed by atoms with van der Waals surface area (Å²) in [6, 6.07) is 4.29. The molecule has 31 heavy (non-hydrogen) atoms.